The van der Waals surface area contributed by atoms with Crippen molar-refractivity contribution in [2.75, 3.05) is 67.6 Å². The molecular formula is C19H23FN6O2. The monoisotopic (exact) mass is 386 g/mol. The van der Waals surface area contributed by atoms with E-state index in [-0.39, 0.29) is 11.8 Å². The van der Waals surface area contributed by atoms with Crippen LogP contribution in [0.3, 0.4) is 0 Å². The molecule has 8 nitrogen and oxygen atoms in total. The topological polar surface area (TPSA) is 73.8 Å². The van der Waals surface area contributed by atoms with Crippen LogP contribution in [0.4, 0.5) is 26.5 Å². The largest absolute Gasteiger partial charge is 0.378 e. The highest BCUT2D eigenvalue weighted by Gasteiger charge is 2.23. The van der Waals surface area contributed by atoms with Crippen molar-refractivity contribution < 1.29 is 13.9 Å². The van der Waals surface area contributed by atoms with Crippen LogP contribution in [0.25, 0.3) is 0 Å². The maximum Gasteiger partial charge on any atom is 0.321 e. The minimum absolute atomic E-state index is 0.220. The summed E-state index contributed by atoms with van der Waals surface area (Å²) in [5, 5.41) is 2.74. The zero-order chi connectivity index (χ0) is 19.3. The van der Waals surface area contributed by atoms with Crippen molar-refractivity contribution in [1.82, 2.24) is 14.9 Å². The molecule has 0 spiro atoms. The normalized spacial score (nSPS) is 17.5. The number of ether oxygens (including phenoxy) is 1. The Bertz CT molecular complexity index is 822. The quantitative estimate of drug-likeness (QED) is 0.867. The molecule has 2 aliphatic rings. The predicted molar refractivity (Wildman–Crippen MR) is 104 cm³/mol. The molecule has 1 aromatic heterocycles. The fourth-order valence-corrected chi connectivity index (χ4v) is 3.38. The lowest BCUT2D eigenvalue weighted by Gasteiger charge is -2.35. The number of carbonyl (C=O) groups excluding carboxylic acids is 1. The van der Waals surface area contributed by atoms with E-state index < -0.39 is 0 Å². The summed E-state index contributed by atoms with van der Waals surface area (Å²) in [6, 6.07) is 7.68. The lowest BCUT2D eigenvalue weighted by Crippen LogP contribution is -2.50. The number of nitrogens with one attached hydrogen (secondary N) is 1. The summed E-state index contributed by atoms with van der Waals surface area (Å²) >= 11 is 0. The molecule has 1 aromatic carbocycles. The SMILES string of the molecule is O=C(Nc1cccc(F)c1)N1CCN(c2cc(N3CCOCC3)ncn2)CC1. The molecule has 2 fully saturated rings. The number of aromatic nitrogens is 2. The van der Waals surface area contributed by atoms with Gasteiger partial charge >= 0.3 is 6.03 Å². The number of benzene rings is 1. The van der Waals surface area contributed by atoms with Gasteiger partial charge in [0.15, 0.2) is 0 Å². The van der Waals surface area contributed by atoms with E-state index in [0.717, 1.165) is 24.7 Å². The van der Waals surface area contributed by atoms with E-state index >= 15 is 0 Å². The molecule has 0 unspecified atom stereocenters. The first-order valence-electron chi connectivity index (χ1n) is 9.40. The Hall–Kier alpha value is -2.94. The van der Waals surface area contributed by atoms with Crippen molar-refractivity contribution in [1.29, 1.82) is 0 Å². The molecule has 2 saturated heterocycles. The van der Waals surface area contributed by atoms with Crippen LogP contribution in [0.1, 0.15) is 0 Å². The minimum atomic E-state index is -0.373. The second kappa shape index (κ2) is 8.39. The average molecular weight is 386 g/mol. The molecule has 0 saturated carbocycles. The zero-order valence-electron chi connectivity index (χ0n) is 15.6. The molecule has 0 aliphatic carbocycles. The van der Waals surface area contributed by atoms with Gasteiger partial charge in [-0.25, -0.2) is 19.2 Å². The van der Waals surface area contributed by atoms with E-state index in [1.165, 1.54) is 12.1 Å². The molecule has 3 heterocycles. The predicted octanol–water partition coefficient (Wildman–Crippen LogP) is 1.81. The van der Waals surface area contributed by atoms with Gasteiger partial charge < -0.3 is 24.8 Å². The van der Waals surface area contributed by atoms with E-state index in [1.54, 1.807) is 23.4 Å². The van der Waals surface area contributed by atoms with Gasteiger partial charge in [0, 0.05) is 51.0 Å². The van der Waals surface area contributed by atoms with Crippen LogP contribution in [0.15, 0.2) is 36.7 Å². The average Bonchev–Trinajstić information content (AvgIpc) is 2.75. The van der Waals surface area contributed by atoms with Crippen LogP contribution in [-0.4, -0.2) is 73.4 Å². The second-order valence-corrected chi connectivity index (χ2v) is 6.75. The van der Waals surface area contributed by atoms with Gasteiger partial charge in [0.1, 0.15) is 23.8 Å². The number of morpholine rings is 1. The number of nitrogens with zero attached hydrogens (tertiary/aromatic N) is 5. The second-order valence-electron chi connectivity index (χ2n) is 6.75. The van der Waals surface area contributed by atoms with Crippen LogP contribution in [0.5, 0.6) is 0 Å². The molecule has 1 N–H and O–H groups in total. The molecule has 4 rings (SSSR count). The Morgan fingerprint density at radius 3 is 2.32 bits per heavy atom. The van der Waals surface area contributed by atoms with Crippen LogP contribution in [0, 0.1) is 5.82 Å². The first-order valence-corrected chi connectivity index (χ1v) is 9.40. The Kier molecular flexibility index (Phi) is 5.52. The van der Waals surface area contributed by atoms with E-state index in [1.807, 2.05) is 6.07 Å². The molecule has 9 heteroatoms. The number of hydrogen-bond donors (Lipinski definition) is 1. The fourth-order valence-electron chi connectivity index (χ4n) is 3.38. The summed E-state index contributed by atoms with van der Waals surface area (Å²) in [6.07, 6.45) is 1.59. The van der Waals surface area contributed by atoms with Crippen molar-refractivity contribution in [3.05, 3.63) is 42.5 Å². The Labute approximate surface area is 162 Å². The third-order valence-electron chi connectivity index (χ3n) is 4.94. The number of hydrogen-bond acceptors (Lipinski definition) is 6. The van der Waals surface area contributed by atoms with Crippen molar-refractivity contribution >= 4 is 23.4 Å². The van der Waals surface area contributed by atoms with Gasteiger partial charge in [0.05, 0.1) is 13.2 Å². The highest BCUT2D eigenvalue weighted by atomic mass is 19.1. The molecule has 148 valence electrons. The van der Waals surface area contributed by atoms with E-state index in [2.05, 4.69) is 25.1 Å². The zero-order valence-corrected chi connectivity index (χ0v) is 15.6. The molecule has 28 heavy (non-hydrogen) atoms. The molecule has 2 amide bonds. The Morgan fingerprint density at radius 1 is 0.964 bits per heavy atom. The van der Waals surface area contributed by atoms with Gasteiger partial charge in [-0.1, -0.05) is 6.07 Å². The summed E-state index contributed by atoms with van der Waals surface area (Å²) in [4.78, 5) is 27.3. The molecule has 0 bridgehead atoms. The van der Waals surface area contributed by atoms with Crippen molar-refractivity contribution in [3.8, 4) is 0 Å². The van der Waals surface area contributed by atoms with Crippen molar-refractivity contribution in [3.63, 3.8) is 0 Å². The molecule has 0 atom stereocenters. The fraction of sp³-hybridized carbons (Fsp3) is 0.421. The third kappa shape index (κ3) is 4.30. The Morgan fingerprint density at radius 2 is 1.64 bits per heavy atom. The molecule has 0 radical (unpaired) electrons. The number of anilines is 3. The first kappa shape index (κ1) is 18.4. The summed E-state index contributed by atoms with van der Waals surface area (Å²) in [7, 11) is 0. The molecule has 2 aromatic rings. The Balaban J connectivity index is 1.34. The smallest absolute Gasteiger partial charge is 0.321 e. The highest BCUT2D eigenvalue weighted by molar-refractivity contribution is 5.89. The van der Waals surface area contributed by atoms with Crippen LogP contribution < -0.4 is 15.1 Å². The van der Waals surface area contributed by atoms with E-state index in [0.29, 0.717) is 45.1 Å². The number of carbonyl (C=O) groups is 1. The number of urea groups is 1. The van der Waals surface area contributed by atoms with Gasteiger partial charge in [-0.2, -0.15) is 0 Å². The maximum atomic E-state index is 13.3. The summed E-state index contributed by atoms with van der Waals surface area (Å²) in [5.74, 6) is 1.39. The van der Waals surface area contributed by atoms with Crippen molar-refractivity contribution in [2.24, 2.45) is 0 Å². The van der Waals surface area contributed by atoms with Gasteiger partial charge in [-0.3, -0.25) is 0 Å². The standard InChI is InChI=1S/C19H23FN6O2/c20-15-2-1-3-16(12-15)23-19(27)26-6-4-24(5-7-26)17-13-18(22-14-21-17)25-8-10-28-11-9-25/h1-3,12-14H,4-11H2,(H,23,27). The summed E-state index contributed by atoms with van der Waals surface area (Å²) < 4.78 is 18.7. The van der Waals surface area contributed by atoms with Crippen molar-refractivity contribution in [2.45, 2.75) is 0 Å². The number of rotatable bonds is 3. The van der Waals surface area contributed by atoms with Crippen LogP contribution in [-0.2, 0) is 4.74 Å². The summed E-state index contributed by atoms with van der Waals surface area (Å²) in [5.41, 5.74) is 0.457. The first-order chi connectivity index (χ1) is 13.7. The number of amides is 2. The lowest BCUT2D eigenvalue weighted by atomic mass is 10.3. The number of piperazine rings is 1. The van der Waals surface area contributed by atoms with Gasteiger partial charge in [-0.15, -0.1) is 0 Å². The van der Waals surface area contributed by atoms with Gasteiger partial charge in [0.2, 0.25) is 0 Å². The van der Waals surface area contributed by atoms with Gasteiger partial charge in [-0.05, 0) is 18.2 Å². The maximum absolute atomic E-state index is 13.3. The lowest BCUT2D eigenvalue weighted by molar-refractivity contribution is 0.122. The third-order valence-corrected chi connectivity index (χ3v) is 4.94. The molecular weight excluding hydrogens is 363 g/mol. The molecule has 2 aliphatic heterocycles. The highest BCUT2D eigenvalue weighted by Crippen LogP contribution is 2.20. The van der Waals surface area contributed by atoms with Crippen LogP contribution >= 0.6 is 0 Å². The van der Waals surface area contributed by atoms with E-state index in [9.17, 15) is 9.18 Å². The van der Waals surface area contributed by atoms with Crippen LogP contribution in [0.2, 0.25) is 0 Å². The summed E-state index contributed by atoms with van der Waals surface area (Å²) in [6.45, 7) is 5.55. The minimum Gasteiger partial charge on any atom is -0.378 e. The van der Waals surface area contributed by atoms with Gasteiger partial charge in [0.25, 0.3) is 0 Å². The number of halogens is 1. The van der Waals surface area contributed by atoms with E-state index in [4.69, 9.17) is 4.74 Å².